The van der Waals surface area contributed by atoms with Crippen LogP contribution in [-0.4, -0.2) is 35.1 Å². The molecule has 1 aliphatic rings. The molecular weight excluding hydrogens is 222 g/mol. The lowest BCUT2D eigenvalue weighted by molar-refractivity contribution is 0.0530. The summed E-state index contributed by atoms with van der Waals surface area (Å²) in [4.78, 5) is 16.0. The number of aliphatic hydroxyl groups excluding tert-OH is 1. The molecular formula is C12H17NO2S. The van der Waals surface area contributed by atoms with Gasteiger partial charge in [-0.25, -0.2) is 0 Å². The maximum absolute atomic E-state index is 12.2. The van der Waals surface area contributed by atoms with E-state index in [1.807, 2.05) is 24.0 Å². The maximum atomic E-state index is 12.2. The van der Waals surface area contributed by atoms with Crippen molar-refractivity contribution in [2.24, 2.45) is 0 Å². The molecule has 1 fully saturated rings. The summed E-state index contributed by atoms with van der Waals surface area (Å²) >= 11 is 1.53. The third-order valence-electron chi connectivity index (χ3n) is 3.07. The van der Waals surface area contributed by atoms with E-state index in [1.165, 1.54) is 17.8 Å². The Morgan fingerprint density at radius 2 is 2.31 bits per heavy atom. The van der Waals surface area contributed by atoms with Gasteiger partial charge < -0.3 is 10.0 Å². The molecule has 0 aliphatic heterocycles. The van der Waals surface area contributed by atoms with Gasteiger partial charge in [0.15, 0.2) is 0 Å². The molecule has 0 radical (unpaired) electrons. The molecule has 0 unspecified atom stereocenters. The number of nitrogens with zero attached hydrogens (tertiary/aromatic N) is 1. The fourth-order valence-corrected chi connectivity index (χ4v) is 2.77. The summed E-state index contributed by atoms with van der Waals surface area (Å²) in [5.74, 6) is 0.0804. The Kier molecular flexibility index (Phi) is 3.61. The largest absolute Gasteiger partial charge is 0.395 e. The monoisotopic (exact) mass is 239 g/mol. The zero-order valence-electron chi connectivity index (χ0n) is 9.48. The van der Waals surface area contributed by atoms with Crippen molar-refractivity contribution in [3.63, 3.8) is 0 Å². The molecule has 1 aromatic rings. The van der Waals surface area contributed by atoms with E-state index in [2.05, 4.69) is 0 Å². The van der Waals surface area contributed by atoms with Crippen molar-refractivity contribution >= 4 is 17.2 Å². The summed E-state index contributed by atoms with van der Waals surface area (Å²) in [7, 11) is 0. The third-order valence-corrected chi connectivity index (χ3v) is 4.06. The lowest BCUT2D eigenvalue weighted by atomic mass is 9.91. The van der Waals surface area contributed by atoms with Crippen LogP contribution < -0.4 is 0 Å². The summed E-state index contributed by atoms with van der Waals surface area (Å²) in [6, 6.07) is 4.20. The molecule has 4 heteroatoms. The highest BCUT2D eigenvalue weighted by atomic mass is 32.1. The van der Waals surface area contributed by atoms with E-state index in [1.54, 1.807) is 0 Å². The average Bonchev–Trinajstić information content (AvgIpc) is 2.60. The molecule has 1 N–H and O–H groups in total. The number of hydrogen-bond acceptors (Lipinski definition) is 3. The molecule has 1 amide bonds. The Balaban J connectivity index is 2.09. The molecule has 3 nitrogen and oxygen atoms in total. The second-order valence-corrected chi connectivity index (χ2v) is 5.51. The summed E-state index contributed by atoms with van der Waals surface area (Å²) in [6.45, 7) is 2.51. The zero-order valence-corrected chi connectivity index (χ0v) is 10.3. The second kappa shape index (κ2) is 4.97. The van der Waals surface area contributed by atoms with Gasteiger partial charge in [-0.05, 0) is 38.3 Å². The fourth-order valence-electron chi connectivity index (χ4n) is 1.95. The minimum Gasteiger partial charge on any atom is -0.395 e. The number of carbonyl (C=O) groups is 1. The molecule has 0 aromatic carbocycles. The van der Waals surface area contributed by atoms with Crippen molar-refractivity contribution in [1.82, 2.24) is 4.90 Å². The Bertz CT molecular complexity index is 371. The fraction of sp³-hybridized carbons (Fsp3) is 0.583. The molecule has 2 rings (SSSR count). The normalized spacial score (nSPS) is 15.9. The zero-order chi connectivity index (χ0) is 11.5. The van der Waals surface area contributed by atoms with Crippen LogP contribution in [0, 0.1) is 6.92 Å². The molecule has 0 saturated heterocycles. The van der Waals surface area contributed by atoms with Crippen molar-refractivity contribution in [1.29, 1.82) is 0 Å². The number of thiophene rings is 1. The predicted octanol–water partition coefficient (Wildman–Crippen LogP) is 2.04. The topological polar surface area (TPSA) is 40.5 Å². The molecule has 1 heterocycles. The van der Waals surface area contributed by atoms with E-state index in [0.717, 1.165) is 22.6 Å². The van der Waals surface area contributed by atoms with Crippen LogP contribution in [0.3, 0.4) is 0 Å². The van der Waals surface area contributed by atoms with Crippen LogP contribution in [0.15, 0.2) is 12.1 Å². The van der Waals surface area contributed by atoms with Gasteiger partial charge in [0.05, 0.1) is 11.5 Å². The molecule has 1 aromatic heterocycles. The second-order valence-electron chi connectivity index (χ2n) is 4.22. The lowest BCUT2D eigenvalue weighted by Gasteiger charge is -2.37. The van der Waals surface area contributed by atoms with Gasteiger partial charge in [-0.2, -0.15) is 0 Å². The van der Waals surface area contributed by atoms with Crippen LogP contribution in [0.2, 0.25) is 0 Å². The Hall–Kier alpha value is -0.870. The number of carbonyl (C=O) groups excluding carboxylic acids is 1. The Morgan fingerprint density at radius 1 is 1.56 bits per heavy atom. The van der Waals surface area contributed by atoms with E-state index < -0.39 is 0 Å². The van der Waals surface area contributed by atoms with E-state index in [9.17, 15) is 4.79 Å². The molecule has 0 atom stereocenters. The summed E-state index contributed by atoms with van der Waals surface area (Å²) in [5.41, 5.74) is 0. The van der Waals surface area contributed by atoms with Gasteiger partial charge in [0, 0.05) is 17.5 Å². The summed E-state index contributed by atoms with van der Waals surface area (Å²) in [6.07, 6.45) is 3.36. The number of aryl methyl sites for hydroxylation is 1. The first-order valence-electron chi connectivity index (χ1n) is 5.70. The standard InChI is InChI=1S/C12H17NO2S/c1-9-5-6-11(16-9)12(15)13(7-8-14)10-3-2-4-10/h5-6,10,14H,2-4,7-8H2,1H3. The third kappa shape index (κ3) is 2.28. The molecule has 16 heavy (non-hydrogen) atoms. The maximum Gasteiger partial charge on any atom is 0.264 e. The first kappa shape index (κ1) is 11.6. The lowest BCUT2D eigenvalue weighted by Crippen LogP contribution is -2.45. The van der Waals surface area contributed by atoms with Crippen LogP contribution in [0.25, 0.3) is 0 Å². The first-order valence-corrected chi connectivity index (χ1v) is 6.52. The van der Waals surface area contributed by atoms with Gasteiger partial charge in [-0.15, -0.1) is 11.3 Å². The van der Waals surface area contributed by atoms with Crippen LogP contribution in [0.4, 0.5) is 0 Å². The van der Waals surface area contributed by atoms with Gasteiger partial charge in [-0.3, -0.25) is 4.79 Å². The molecule has 1 saturated carbocycles. The van der Waals surface area contributed by atoms with Crippen LogP contribution in [0.1, 0.15) is 33.8 Å². The van der Waals surface area contributed by atoms with Crippen LogP contribution >= 0.6 is 11.3 Å². The minimum atomic E-state index is 0.0482. The quantitative estimate of drug-likeness (QED) is 0.873. The van der Waals surface area contributed by atoms with Crippen molar-refractivity contribution in [2.75, 3.05) is 13.2 Å². The predicted molar refractivity (Wildman–Crippen MR) is 64.8 cm³/mol. The van der Waals surface area contributed by atoms with Gasteiger partial charge in [-0.1, -0.05) is 0 Å². The van der Waals surface area contributed by atoms with Gasteiger partial charge in [0.25, 0.3) is 5.91 Å². The van der Waals surface area contributed by atoms with Gasteiger partial charge in [0.1, 0.15) is 0 Å². The number of hydrogen-bond donors (Lipinski definition) is 1. The van der Waals surface area contributed by atoms with E-state index >= 15 is 0 Å². The van der Waals surface area contributed by atoms with Gasteiger partial charge >= 0.3 is 0 Å². The average molecular weight is 239 g/mol. The number of amides is 1. The highest BCUT2D eigenvalue weighted by Crippen LogP contribution is 2.27. The molecule has 0 bridgehead atoms. The smallest absolute Gasteiger partial charge is 0.264 e. The van der Waals surface area contributed by atoms with Crippen LogP contribution in [0.5, 0.6) is 0 Å². The van der Waals surface area contributed by atoms with E-state index in [0.29, 0.717) is 12.6 Å². The summed E-state index contributed by atoms with van der Waals surface area (Å²) in [5, 5.41) is 9.02. The molecule has 1 aliphatic carbocycles. The summed E-state index contributed by atoms with van der Waals surface area (Å²) < 4.78 is 0. The SMILES string of the molecule is Cc1ccc(C(=O)N(CCO)C2CCC2)s1. The van der Waals surface area contributed by atoms with Crippen LogP contribution in [-0.2, 0) is 0 Å². The van der Waals surface area contributed by atoms with Crippen molar-refractivity contribution in [3.05, 3.63) is 21.9 Å². The van der Waals surface area contributed by atoms with Crippen molar-refractivity contribution < 1.29 is 9.90 Å². The van der Waals surface area contributed by atoms with E-state index in [4.69, 9.17) is 5.11 Å². The Labute approximate surface area is 99.7 Å². The first-order chi connectivity index (χ1) is 7.72. The van der Waals surface area contributed by atoms with Gasteiger partial charge in [0.2, 0.25) is 0 Å². The Morgan fingerprint density at radius 3 is 2.75 bits per heavy atom. The van der Waals surface area contributed by atoms with Crippen molar-refractivity contribution in [2.45, 2.75) is 32.2 Å². The molecule has 0 spiro atoms. The minimum absolute atomic E-state index is 0.0482. The number of aliphatic hydroxyl groups is 1. The molecule has 88 valence electrons. The highest BCUT2D eigenvalue weighted by molar-refractivity contribution is 7.13. The van der Waals surface area contributed by atoms with Crippen molar-refractivity contribution in [3.8, 4) is 0 Å². The highest BCUT2D eigenvalue weighted by Gasteiger charge is 2.29. The number of rotatable bonds is 4. The van der Waals surface area contributed by atoms with E-state index in [-0.39, 0.29) is 12.5 Å².